The first-order valence-electron chi connectivity index (χ1n) is 4.42. The molecule has 0 aromatic carbocycles. The summed E-state index contributed by atoms with van der Waals surface area (Å²) in [7, 11) is 0. The molecule has 0 fully saturated rings. The van der Waals surface area contributed by atoms with Crippen LogP contribution in [-0.4, -0.2) is 9.97 Å². The normalized spacial score (nSPS) is 10.8. The summed E-state index contributed by atoms with van der Waals surface area (Å²) in [5, 5.41) is 0. The Morgan fingerprint density at radius 2 is 1.06 bits per heavy atom. The van der Waals surface area contributed by atoms with Crippen LogP contribution in [0.5, 0.6) is 0 Å². The van der Waals surface area contributed by atoms with Gasteiger partial charge in [-0.1, -0.05) is 0 Å². The number of hydrogen-bond donors (Lipinski definition) is 0. The minimum absolute atomic E-state index is 0.993. The third-order valence-electron chi connectivity index (χ3n) is 2.11. The molecule has 0 spiro atoms. The van der Waals surface area contributed by atoms with Crippen molar-refractivity contribution in [1.29, 1.82) is 0 Å². The molecule has 8 heteroatoms. The fraction of sp³-hybridized carbons (Fsp3) is 0. The number of halogens is 6. The Balaban J connectivity index is 2.85. The summed E-state index contributed by atoms with van der Waals surface area (Å²) < 4.78 is 6.27. The summed E-state index contributed by atoms with van der Waals surface area (Å²) in [6, 6.07) is 0. The van der Waals surface area contributed by atoms with Gasteiger partial charge in [0.05, 0.1) is 7.14 Å². The summed E-state index contributed by atoms with van der Waals surface area (Å²) in [5.74, 6) is 0. The highest BCUT2D eigenvalue weighted by atomic mass is 127. The average Bonchev–Trinajstić information content (AvgIpc) is 2.33. The molecule has 0 aliphatic carbocycles. The van der Waals surface area contributed by atoms with Crippen LogP contribution < -0.4 is 0 Å². The van der Waals surface area contributed by atoms with E-state index in [0.29, 0.717) is 0 Å². The van der Waals surface area contributed by atoms with E-state index < -0.39 is 0 Å². The molecule has 18 heavy (non-hydrogen) atoms. The Bertz CT molecular complexity index is 578. The maximum absolute atomic E-state index is 4.34. The van der Waals surface area contributed by atoms with E-state index in [1.165, 1.54) is 0 Å². The van der Waals surface area contributed by atoms with Gasteiger partial charge in [-0.15, -0.1) is 0 Å². The van der Waals surface area contributed by atoms with Gasteiger partial charge >= 0.3 is 0 Å². The van der Waals surface area contributed by atoms with Crippen molar-refractivity contribution in [3.8, 4) is 11.1 Å². The van der Waals surface area contributed by atoms with Crippen LogP contribution in [0.15, 0.2) is 21.3 Å². The zero-order valence-corrected chi connectivity index (χ0v) is 20.1. The van der Waals surface area contributed by atoms with Crippen LogP contribution in [0.2, 0.25) is 0 Å². The molecule has 0 radical (unpaired) electrons. The zero-order valence-electron chi connectivity index (χ0n) is 8.32. The molecule has 0 saturated carbocycles. The average molecular weight is 818 g/mol. The van der Waals surface area contributed by atoms with Gasteiger partial charge in [0.2, 0.25) is 0 Å². The van der Waals surface area contributed by atoms with E-state index >= 15 is 0 Å². The molecular formula is C10H2Br2I4N2. The van der Waals surface area contributed by atoms with Gasteiger partial charge in [0, 0.05) is 32.5 Å². The lowest BCUT2D eigenvalue weighted by atomic mass is 10.1. The highest BCUT2D eigenvalue weighted by Crippen LogP contribution is 2.41. The molecule has 2 heterocycles. The molecule has 94 valence electrons. The highest BCUT2D eigenvalue weighted by Gasteiger charge is 2.19. The molecule has 2 aromatic heterocycles. The molecule has 2 rings (SSSR count). The van der Waals surface area contributed by atoms with Gasteiger partial charge in [-0.05, 0) is 122 Å². The maximum Gasteiger partial charge on any atom is 0.115 e. The van der Waals surface area contributed by atoms with E-state index in [0.717, 1.165) is 34.6 Å². The molecule has 0 saturated heterocycles. The quantitative estimate of drug-likeness (QED) is 0.258. The first-order valence-corrected chi connectivity index (χ1v) is 10.3. The second kappa shape index (κ2) is 6.96. The zero-order chi connectivity index (χ0) is 13.4. The Labute approximate surface area is 176 Å². The van der Waals surface area contributed by atoms with Crippen molar-refractivity contribution >= 4 is 122 Å². The summed E-state index contributed by atoms with van der Waals surface area (Å²) in [4.78, 5) is 8.69. The third kappa shape index (κ3) is 3.32. The van der Waals surface area contributed by atoms with Crippen LogP contribution in [-0.2, 0) is 0 Å². The number of pyridine rings is 2. The van der Waals surface area contributed by atoms with Gasteiger partial charge < -0.3 is 0 Å². The van der Waals surface area contributed by atoms with Gasteiger partial charge in [-0.2, -0.15) is 0 Å². The maximum atomic E-state index is 4.34. The lowest BCUT2D eigenvalue weighted by Gasteiger charge is -2.13. The standard InChI is InChI=1S/C10H2Br2I4N2/c11-3-1-17-9(15)7(13)5(3)6-4(12)2-18-10(16)8(6)14/h1-2H. The summed E-state index contributed by atoms with van der Waals surface area (Å²) >= 11 is 16.4. The van der Waals surface area contributed by atoms with E-state index in [1.54, 1.807) is 0 Å². The van der Waals surface area contributed by atoms with Crippen LogP contribution in [0.1, 0.15) is 0 Å². The lowest BCUT2D eigenvalue weighted by Crippen LogP contribution is -1.98. The van der Waals surface area contributed by atoms with Crippen LogP contribution in [0.25, 0.3) is 11.1 Å². The van der Waals surface area contributed by atoms with Gasteiger partial charge in [0.15, 0.2) is 0 Å². The Hall–Kier alpha value is 2.18. The number of hydrogen-bond acceptors (Lipinski definition) is 2. The fourth-order valence-corrected chi connectivity index (χ4v) is 5.30. The van der Waals surface area contributed by atoms with Gasteiger partial charge in [-0.3, -0.25) is 0 Å². The van der Waals surface area contributed by atoms with Crippen molar-refractivity contribution in [1.82, 2.24) is 9.97 Å². The largest absolute Gasteiger partial charge is 0.248 e. The van der Waals surface area contributed by atoms with Gasteiger partial charge in [-0.25, -0.2) is 9.97 Å². The van der Waals surface area contributed by atoms with Crippen molar-refractivity contribution in [2.45, 2.75) is 0 Å². The van der Waals surface area contributed by atoms with Crippen LogP contribution >= 0.6 is 122 Å². The van der Waals surface area contributed by atoms with Gasteiger partial charge in [0.1, 0.15) is 7.40 Å². The SMILES string of the molecule is Brc1cnc(I)c(I)c1-c1c(Br)cnc(I)c1I. The van der Waals surface area contributed by atoms with Crippen LogP contribution in [0, 0.1) is 14.5 Å². The first kappa shape index (κ1) is 16.5. The summed E-state index contributed by atoms with van der Waals surface area (Å²) in [6.45, 7) is 0. The molecule has 0 bridgehead atoms. The van der Waals surface area contributed by atoms with Crippen molar-refractivity contribution in [2.24, 2.45) is 0 Å². The molecule has 2 nitrogen and oxygen atoms in total. The number of nitrogens with zero attached hydrogens (tertiary/aromatic N) is 2. The van der Waals surface area contributed by atoms with Crippen molar-refractivity contribution in [3.05, 3.63) is 35.9 Å². The molecule has 0 amide bonds. The predicted octanol–water partition coefficient (Wildman–Crippen LogP) is 6.09. The van der Waals surface area contributed by atoms with Crippen molar-refractivity contribution in [3.63, 3.8) is 0 Å². The Kier molecular flexibility index (Phi) is 6.40. The van der Waals surface area contributed by atoms with E-state index in [9.17, 15) is 0 Å². The van der Waals surface area contributed by atoms with E-state index in [4.69, 9.17) is 0 Å². The predicted molar refractivity (Wildman–Crippen MR) is 114 cm³/mol. The molecular weight excluding hydrogens is 816 g/mol. The van der Waals surface area contributed by atoms with Crippen molar-refractivity contribution in [2.75, 3.05) is 0 Å². The summed E-state index contributed by atoms with van der Waals surface area (Å²) in [6.07, 6.45) is 3.68. The Morgan fingerprint density at radius 1 is 0.722 bits per heavy atom. The second-order valence-electron chi connectivity index (χ2n) is 3.17. The van der Waals surface area contributed by atoms with Gasteiger partial charge in [0.25, 0.3) is 0 Å². The topological polar surface area (TPSA) is 25.8 Å². The first-order chi connectivity index (χ1) is 8.43. The fourth-order valence-electron chi connectivity index (χ4n) is 1.34. The Morgan fingerprint density at radius 3 is 1.39 bits per heavy atom. The highest BCUT2D eigenvalue weighted by molar-refractivity contribution is 14.1. The van der Waals surface area contributed by atoms with E-state index in [2.05, 4.69) is 132 Å². The number of rotatable bonds is 1. The molecule has 0 aliphatic rings. The third-order valence-corrected chi connectivity index (χ3v) is 9.11. The van der Waals surface area contributed by atoms with Crippen LogP contribution in [0.4, 0.5) is 0 Å². The smallest absolute Gasteiger partial charge is 0.115 e. The molecule has 2 aromatic rings. The second-order valence-corrected chi connectivity index (χ2v) is 9.08. The lowest BCUT2D eigenvalue weighted by molar-refractivity contribution is 1.20. The minimum Gasteiger partial charge on any atom is -0.248 e. The molecule has 0 aliphatic heterocycles. The molecule has 0 atom stereocenters. The monoisotopic (exact) mass is 815 g/mol. The summed E-state index contributed by atoms with van der Waals surface area (Å²) in [5.41, 5.74) is 2.32. The van der Waals surface area contributed by atoms with E-state index in [-0.39, 0.29) is 0 Å². The molecule has 0 unspecified atom stereocenters. The van der Waals surface area contributed by atoms with Crippen LogP contribution in [0.3, 0.4) is 0 Å². The van der Waals surface area contributed by atoms with Crippen molar-refractivity contribution < 1.29 is 0 Å². The minimum atomic E-state index is 0.993. The van der Waals surface area contributed by atoms with E-state index in [1.807, 2.05) is 12.4 Å². The molecule has 0 N–H and O–H groups in total. The number of aromatic nitrogens is 2.